The van der Waals surface area contributed by atoms with Crippen LogP contribution >= 0.6 is 0 Å². The van der Waals surface area contributed by atoms with Crippen LogP contribution in [0.15, 0.2) is 24.3 Å². The lowest BCUT2D eigenvalue weighted by atomic mass is 10.1. The Morgan fingerprint density at radius 3 is 2.80 bits per heavy atom. The zero-order valence-corrected chi connectivity index (χ0v) is 11.1. The van der Waals surface area contributed by atoms with Gasteiger partial charge in [0.15, 0.2) is 0 Å². The van der Waals surface area contributed by atoms with E-state index in [0.29, 0.717) is 5.56 Å². The average molecular weight is 274 g/mol. The predicted octanol–water partition coefficient (Wildman–Crippen LogP) is 1.54. The number of H-pyrrole nitrogens is 1. The van der Waals surface area contributed by atoms with Crippen LogP contribution in [-0.4, -0.2) is 33.7 Å². The van der Waals surface area contributed by atoms with Gasteiger partial charge < -0.3 is 4.74 Å². The molecule has 1 heterocycles. The van der Waals surface area contributed by atoms with Crippen molar-refractivity contribution in [3.05, 3.63) is 41.2 Å². The van der Waals surface area contributed by atoms with Crippen molar-refractivity contribution in [1.29, 1.82) is 0 Å². The average Bonchev–Trinajstić information content (AvgIpc) is 2.88. The van der Waals surface area contributed by atoms with E-state index in [4.69, 9.17) is 4.74 Å². The van der Waals surface area contributed by atoms with Crippen LogP contribution in [0.2, 0.25) is 0 Å². The van der Waals surface area contributed by atoms with E-state index >= 15 is 0 Å². The molecular weight excluding hydrogens is 260 g/mol. The first-order valence-electron chi connectivity index (χ1n) is 6.08. The van der Waals surface area contributed by atoms with Crippen molar-refractivity contribution in [2.24, 2.45) is 0 Å². The third-order valence-corrected chi connectivity index (χ3v) is 2.57. The number of hydrogen-bond donors (Lipinski definition) is 2. The van der Waals surface area contributed by atoms with Crippen LogP contribution in [-0.2, 0) is 4.74 Å². The van der Waals surface area contributed by atoms with Gasteiger partial charge in [0.2, 0.25) is 11.8 Å². The Hall–Kier alpha value is -2.70. The quantitative estimate of drug-likeness (QED) is 0.824. The van der Waals surface area contributed by atoms with Gasteiger partial charge in [-0.05, 0) is 25.5 Å². The first-order valence-corrected chi connectivity index (χ1v) is 6.08. The van der Waals surface area contributed by atoms with Gasteiger partial charge in [-0.1, -0.05) is 18.2 Å². The van der Waals surface area contributed by atoms with E-state index in [1.54, 1.807) is 19.1 Å². The summed E-state index contributed by atoms with van der Waals surface area (Å²) in [4.78, 5) is 27.3. The molecule has 0 atom stereocenters. The zero-order chi connectivity index (χ0) is 14.5. The van der Waals surface area contributed by atoms with Crippen LogP contribution in [0.5, 0.6) is 0 Å². The molecule has 0 saturated carbocycles. The van der Waals surface area contributed by atoms with Crippen LogP contribution in [0.1, 0.15) is 33.5 Å². The maximum atomic E-state index is 12.0. The van der Waals surface area contributed by atoms with Gasteiger partial charge in [0.25, 0.3) is 5.91 Å². The summed E-state index contributed by atoms with van der Waals surface area (Å²) >= 11 is 0. The highest BCUT2D eigenvalue weighted by molar-refractivity contribution is 6.04. The molecule has 2 N–H and O–H groups in total. The molecule has 20 heavy (non-hydrogen) atoms. The van der Waals surface area contributed by atoms with E-state index < -0.39 is 5.97 Å². The van der Waals surface area contributed by atoms with Crippen molar-refractivity contribution in [3.8, 4) is 0 Å². The fraction of sp³-hybridized carbons (Fsp3) is 0.231. The molecule has 1 amide bonds. The van der Waals surface area contributed by atoms with Gasteiger partial charge in [-0.15, -0.1) is 5.10 Å². The van der Waals surface area contributed by atoms with Gasteiger partial charge in [-0.2, -0.15) is 4.98 Å². The molecule has 0 aliphatic rings. The highest BCUT2D eigenvalue weighted by Gasteiger charge is 2.15. The molecule has 2 rings (SSSR count). The number of rotatable bonds is 4. The highest BCUT2D eigenvalue weighted by Crippen LogP contribution is 2.09. The fourth-order valence-corrected chi connectivity index (χ4v) is 1.60. The Morgan fingerprint density at radius 2 is 2.10 bits per heavy atom. The second-order valence-corrected chi connectivity index (χ2v) is 4.00. The Morgan fingerprint density at radius 1 is 1.35 bits per heavy atom. The monoisotopic (exact) mass is 274 g/mol. The maximum Gasteiger partial charge on any atom is 0.375 e. The van der Waals surface area contributed by atoms with Crippen LogP contribution in [0.4, 0.5) is 5.95 Å². The van der Waals surface area contributed by atoms with Gasteiger partial charge >= 0.3 is 5.97 Å². The third kappa shape index (κ3) is 3.00. The summed E-state index contributed by atoms with van der Waals surface area (Å²) in [5, 5.41) is 8.67. The molecule has 0 aliphatic heterocycles. The number of aromatic nitrogens is 3. The van der Waals surface area contributed by atoms with Crippen LogP contribution in [0, 0.1) is 6.92 Å². The van der Waals surface area contributed by atoms with Crippen LogP contribution in [0.3, 0.4) is 0 Å². The summed E-state index contributed by atoms with van der Waals surface area (Å²) in [6.07, 6.45) is 0. The summed E-state index contributed by atoms with van der Waals surface area (Å²) in [7, 11) is 0. The van der Waals surface area contributed by atoms with E-state index in [1.165, 1.54) is 0 Å². The normalized spacial score (nSPS) is 10.1. The van der Waals surface area contributed by atoms with Crippen molar-refractivity contribution >= 4 is 17.8 Å². The van der Waals surface area contributed by atoms with E-state index in [0.717, 1.165) is 5.56 Å². The molecule has 0 spiro atoms. The fourth-order valence-electron chi connectivity index (χ4n) is 1.60. The van der Waals surface area contributed by atoms with Gasteiger partial charge in [0.05, 0.1) is 6.61 Å². The molecular formula is C13H14N4O3. The summed E-state index contributed by atoms with van der Waals surface area (Å²) in [5.41, 5.74) is 1.36. The van der Waals surface area contributed by atoms with Crippen molar-refractivity contribution in [3.63, 3.8) is 0 Å². The molecule has 0 saturated heterocycles. The van der Waals surface area contributed by atoms with Crippen LogP contribution < -0.4 is 5.32 Å². The van der Waals surface area contributed by atoms with Gasteiger partial charge in [0.1, 0.15) is 0 Å². The molecule has 0 radical (unpaired) electrons. The molecule has 7 heteroatoms. The van der Waals surface area contributed by atoms with Crippen molar-refractivity contribution in [2.45, 2.75) is 13.8 Å². The molecule has 104 valence electrons. The van der Waals surface area contributed by atoms with Gasteiger partial charge in [0, 0.05) is 5.56 Å². The van der Waals surface area contributed by atoms with Crippen molar-refractivity contribution < 1.29 is 14.3 Å². The lowest BCUT2D eigenvalue weighted by molar-refractivity contribution is 0.0512. The first-order chi connectivity index (χ1) is 9.61. The standard InChI is InChI=1S/C13H14N4O3/c1-3-20-12(19)10-14-13(17-16-10)15-11(18)9-7-5-4-6-8(9)2/h4-7H,3H2,1-2H3,(H2,14,15,16,17,18). The molecule has 0 unspecified atom stereocenters. The number of benzene rings is 1. The number of esters is 1. The number of hydrogen-bond acceptors (Lipinski definition) is 5. The largest absolute Gasteiger partial charge is 0.460 e. The number of aromatic amines is 1. The third-order valence-electron chi connectivity index (χ3n) is 2.57. The number of anilines is 1. The minimum absolute atomic E-state index is 0.0290. The number of nitrogens with zero attached hydrogens (tertiary/aromatic N) is 2. The first kappa shape index (κ1) is 13.7. The summed E-state index contributed by atoms with van der Waals surface area (Å²) in [6.45, 7) is 3.76. The summed E-state index contributed by atoms with van der Waals surface area (Å²) in [6, 6.07) is 7.14. The zero-order valence-electron chi connectivity index (χ0n) is 11.1. The number of carbonyl (C=O) groups excluding carboxylic acids is 2. The Balaban J connectivity index is 2.09. The number of aryl methyl sites for hydroxylation is 1. The Bertz CT molecular complexity index is 636. The summed E-state index contributed by atoms with van der Waals surface area (Å²) < 4.78 is 4.76. The minimum Gasteiger partial charge on any atom is -0.460 e. The lowest BCUT2D eigenvalue weighted by Gasteiger charge is -2.03. The lowest BCUT2D eigenvalue weighted by Crippen LogP contribution is -2.14. The maximum absolute atomic E-state index is 12.0. The Labute approximate surface area is 115 Å². The molecule has 7 nitrogen and oxygen atoms in total. The molecule has 2 aromatic rings. The van der Waals surface area contributed by atoms with E-state index in [1.807, 2.05) is 19.1 Å². The van der Waals surface area contributed by atoms with E-state index in [-0.39, 0.29) is 24.3 Å². The smallest absolute Gasteiger partial charge is 0.375 e. The second kappa shape index (κ2) is 5.96. The molecule has 0 fully saturated rings. The number of nitrogens with one attached hydrogen (secondary N) is 2. The summed E-state index contributed by atoms with van der Waals surface area (Å²) in [5.74, 6) is -0.970. The van der Waals surface area contributed by atoms with E-state index in [9.17, 15) is 9.59 Å². The molecule has 1 aromatic carbocycles. The minimum atomic E-state index is -0.614. The van der Waals surface area contributed by atoms with Crippen LogP contribution in [0.25, 0.3) is 0 Å². The topological polar surface area (TPSA) is 97.0 Å². The molecule has 0 bridgehead atoms. The molecule has 1 aromatic heterocycles. The van der Waals surface area contributed by atoms with Gasteiger partial charge in [-0.25, -0.2) is 4.79 Å². The predicted molar refractivity (Wildman–Crippen MR) is 71.5 cm³/mol. The van der Waals surface area contributed by atoms with Crippen molar-refractivity contribution in [2.75, 3.05) is 11.9 Å². The SMILES string of the molecule is CCOC(=O)c1nc(NC(=O)c2ccccc2C)n[nH]1. The van der Waals surface area contributed by atoms with E-state index in [2.05, 4.69) is 20.5 Å². The Kier molecular flexibility index (Phi) is 4.09. The molecule has 0 aliphatic carbocycles. The number of amides is 1. The number of ether oxygens (including phenoxy) is 1. The van der Waals surface area contributed by atoms with Gasteiger partial charge in [-0.3, -0.25) is 15.2 Å². The second-order valence-electron chi connectivity index (χ2n) is 4.00. The van der Waals surface area contributed by atoms with Crippen molar-refractivity contribution in [1.82, 2.24) is 15.2 Å². The number of carbonyl (C=O) groups is 2. The highest BCUT2D eigenvalue weighted by atomic mass is 16.5.